The highest BCUT2D eigenvalue weighted by Crippen LogP contribution is 2.30. The number of benzene rings is 2. The van der Waals surface area contributed by atoms with Gasteiger partial charge in [0.1, 0.15) is 11.3 Å². The van der Waals surface area contributed by atoms with Crippen LogP contribution in [-0.4, -0.2) is 28.7 Å². The van der Waals surface area contributed by atoms with Crippen molar-refractivity contribution in [2.75, 3.05) is 7.11 Å². The summed E-state index contributed by atoms with van der Waals surface area (Å²) in [5.74, 6) is 0.358. The van der Waals surface area contributed by atoms with E-state index in [0.717, 1.165) is 16.7 Å². The molecule has 1 atom stereocenters. The van der Waals surface area contributed by atoms with Gasteiger partial charge in [0.05, 0.1) is 13.3 Å². The highest BCUT2D eigenvalue weighted by molar-refractivity contribution is 6.21. The quantitative estimate of drug-likeness (QED) is 0.524. The number of hydrogen-bond donors (Lipinski definition) is 2. The fourth-order valence-corrected chi connectivity index (χ4v) is 2.84. The van der Waals surface area contributed by atoms with Gasteiger partial charge in [-0.15, -0.1) is 0 Å². The van der Waals surface area contributed by atoms with E-state index in [4.69, 9.17) is 16.3 Å². The van der Waals surface area contributed by atoms with Crippen LogP contribution >= 0.6 is 11.6 Å². The van der Waals surface area contributed by atoms with E-state index in [9.17, 15) is 4.79 Å². The fourth-order valence-electron chi connectivity index (χ4n) is 2.57. The van der Waals surface area contributed by atoms with E-state index < -0.39 is 5.50 Å². The monoisotopic (exact) mass is 355 g/mol. The standard InChI is InChI=1S/C19H18ClN3O2/c1-25-17-10-14(7-8-16(17)15-11-21-22-12-15)19(24)23-18(20)9-13-5-3-2-4-6-13/h2-8,10-12,18H,9H2,1H3,(H,21,22)(H,23,24). The van der Waals surface area contributed by atoms with Crippen LogP contribution in [0.4, 0.5) is 0 Å². The number of aromatic amines is 1. The molecule has 0 radical (unpaired) electrons. The summed E-state index contributed by atoms with van der Waals surface area (Å²) < 4.78 is 5.41. The van der Waals surface area contributed by atoms with E-state index >= 15 is 0 Å². The molecule has 0 saturated heterocycles. The summed E-state index contributed by atoms with van der Waals surface area (Å²) in [6.07, 6.45) is 4.02. The lowest BCUT2D eigenvalue weighted by Gasteiger charge is -2.14. The average Bonchev–Trinajstić information content (AvgIpc) is 3.16. The molecule has 0 bridgehead atoms. The number of ether oxygens (including phenoxy) is 1. The predicted molar refractivity (Wildman–Crippen MR) is 97.8 cm³/mol. The zero-order valence-electron chi connectivity index (χ0n) is 13.7. The van der Waals surface area contributed by atoms with Crippen molar-refractivity contribution in [2.24, 2.45) is 0 Å². The van der Waals surface area contributed by atoms with Gasteiger partial charge >= 0.3 is 0 Å². The minimum atomic E-state index is -0.491. The Balaban J connectivity index is 1.71. The molecular formula is C19H18ClN3O2. The van der Waals surface area contributed by atoms with E-state index in [1.54, 1.807) is 31.6 Å². The van der Waals surface area contributed by atoms with Crippen molar-refractivity contribution < 1.29 is 9.53 Å². The number of nitrogens with one attached hydrogen (secondary N) is 2. The molecule has 6 heteroatoms. The lowest BCUT2D eigenvalue weighted by Crippen LogP contribution is -2.32. The van der Waals surface area contributed by atoms with Gasteiger partial charge < -0.3 is 10.1 Å². The van der Waals surface area contributed by atoms with Gasteiger partial charge in [0.25, 0.3) is 5.91 Å². The topological polar surface area (TPSA) is 67.0 Å². The van der Waals surface area contributed by atoms with Crippen LogP contribution in [-0.2, 0) is 6.42 Å². The van der Waals surface area contributed by atoms with Crippen LogP contribution in [0.15, 0.2) is 60.9 Å². The summed E-state index contributed by atoms with van der Waals surface area (Å²) in [5, 5.41) is 9.50. The Kier molecular flexibility index (Phi) is 5.36. The summed E-state index contributed by atoms with van der Waals surface area (Å²) in [5.41, 5.74) is 2.82. The molecule has 1 heterocycles. The average molecular weight is 356 g/mol. The third-order valence-electron chi connectivity index (χ3n) is 3.82. The van der Waals surface area contributed by atoms with Gasteiger partial charge in [-0.1, -0.05) is 41.9 Å². The van der Waals surface area contributed by atoms with Crippen LogP contribution in [0.3, 0.4) is 0 Å². The normalized spacial score (nSPS) is 11.8. The van der Waals surface area contributed by atoms with Crippen molar-refractivity contribution >= 4 is 17.5 Å². The first-order valence-electron chi connectivity index (χ1n) is 7.83. The molecule has 0 aliphatic carbocycles. The van der Waals surface area contributed by atoms with Crippen molar-refractivity contribution in [1.29, 1.82) is 0 Å². The van der Waals surface area contributed by atoms with E-state index in [0.29, 0.717) is 17.7 Å². The summed E-state index contributed by atoms with van der Waals surface area (Å²) in [7, 11) is 1.57. The molecule has 3 aromatic rings. The van der Waals surface area contributed by atoms with Gasteiger partial charge in [0.15, 0.2) is 0 Å². The maximum atomic E-state index is 12.4. The number of nitrogens with zero attached hydrogens (tertiary/aromatic N) is 1. The zero-order chi connectivity index (χ0) is 17.6. The molecule has 5 nitrogen and oxygen atoms in total. The third-order valence-corrected chi connectivity index (χ3v) is 4.08. The second kappa shape index (κ2) is 7.85. The molecule has 0 spiro atoms. The van der Waals surface area contributed by atoms with Gasteiger partial charge in [-0.3, -0.25) is 9.89 Å². The Labute approximate surface area is 151 Å². The van der Waals surface area contributed by atoms with E-state index in [2.05, 4.69) is 15.5 Å². The molecule has 1 aromatic heterocycles. The number of aromatic nitrogens is 2. The van der Waals surface area contributed by atoms with Crippen LogP contribution in [0.25, 0.3) is 11.1 Å². The van der Waals surface area contributed by atoms with E-state index in [-0.39, 0.29) is 5.91 Å². The lowest BCUT2D eigenvalue weighted by atomic mass is 10.0. The van der Waals surface area contributed by atoms with Crippen LogP contribution < -0.4 is 10.1 Å². The molecule has 0 aliphatic heterocycles. The largest absolute Gasteiger partial charge is 0.496 e. The molecule has 2 N–H and O–H groups in total. The number of rotatable bonds is 6. The van der Waals surface area contributed by atoms with Gasteiger partial charge in [0.2, 0.25) is 0 Å². The third kappa shape index (κ3) is 4.19. The molecule has 3 rings (SSSR count). The minimum absolute atomic E-state index is 0.243. The number of halogens is 1. The van der Waals surface area contributed by atoms with E-state index in [1.165, 1.54) is 0 Å². The van der Waals surface area contributed by atoms with Crippen LogP contribution in [0.5, 0.6) is 5.75 Å². The van der Waals surface area contributed by atoms with Gasteiger partial charge in [0, 0.05) is 29.3 Å². The molecule has 0 fully saturated rings. The molecule has 1 unspecified atom stereocenters. The number of H-pyrrole nitrogens is 1. The van der Waals surface area contributed by atoms with Crippen molar-refractivity contribution in [3.63, 3.8) is 0 Å². The van der Waals surface area contributed by atoms with Gasteiger partial charge in [-0.25, -0.2) is 0 Å². The molecule has 25 heavy (non-hydrogen) atoms. The highest BCUT2D eigenvalue weighted by atomic mass is 35.5. The lowest BCUT2D eigenvalue weighted by molar-refractivity contribution is 0.0948. The first kappa shape index (κ1) is 17.0. The minimum Gasteiger partial charge on any atom is -0.496 e. The summed E-state index contributed by atoms with van der Waals surface area (Å²) in [4.78, 5) is 12.4. The summed E-state index contributed by atoms with van der Waals surface area (Å²) >= 11 is 6.27. The van der Waals surface area contributed by atoms with Crippen molar-refractivity contribution in [3.05, 3.63) is 72.1 Å². The smallest absolute Gasteiger partial charge is 0.252 e. The van der Waals surface area contributed by atoms with Crippen LogP contribution in [0, 0.1) is 0 Å². The highest BCUT2D eigenvalue weighted by Gasteiger charge is 2.15. The van der Waals surface area contributed by atoms with Crippen molar-refractivity contribution in [1.82, 2.24) is 15.5 Å². The second-order valence-corrected chi connectivity index (χ2v) is 6.06. The van der Waals surface area contributed by atoms with Crippen LogP contribution in [0.2, 0.25) is 0 Å². The SMILES string of the molecule is COc1cc(C(=O)NC(Cl)Cc2ccccc2)ccc1-c1cn[nH]c1. The Bertz CT molecular complexity index is 835. The maximum absolute atomic E-state index is 12.4. The van der Waals surface area contributed by atoms with Gasteiger partial charge in [-0.2, -0.15) is 5.10 Å². The zero-order valence-corrected chi connectivity index (χ0v) is 14.5. The Morgan fingerprint density at radius 1 is 1.28 bits per heavy atom. The first-order valence-corrected chi connectivity index (χ1v) is 8.27. The molecule has 0 aliphatic rings. The number of methoxy groups -OCH3 is 1. The molecule has 128 valence electrons. The van der Waals surface area contributed by atoms with Crippen molar-refractivity contribution in [3.8, 4) is 16.9 Å². The summed E-state index contributed by atoms with van der Waals surface area (Å²) in [6, 6.07) is 15.1. The number of carbonyl (C=O) groups excluding carboxylic acids is 1. The molecular weight excluding hydrogens is 338 g/mol. The Morgan fingerprint density at radius 3 is 2.76 bits per heavy atom. The molecule has 1 amide bonds. The van der Waals surface area contributed by atoms with Crippen LogP contribution in [0.1, 0.15) is 15.9 Å². The van der Waals surface area contributed by atoms with Gasteiger partial charge in [-0.05, 0) is 23.8 Å². The van der Waals surface area contributed by atoms with E-state index in [1.807, 2.05) is 36.4 Å². The van der Waals surface area contributed by atoms with Crippen molar-refractivity contribution in [2.45, 2.75) is 11.9 Å². The predicted octanol–water partition coefficient (Wildman–Crippen LogP) is 3.62. The number of alkyl halides is 1. The second-order valence-electron chi connectivity index (χ2n) is 5.53. The Hall–Kier alpha value is -2.79. The Morgan fingerprint density at radius 2 is 2.08 bits per heavy atom. The number of hydrogen-bond acceptors (Lipinski definition) is 3. The number of amides is 1. The summed E-state index contributed by atoms with van der Waals surface area (Å²) in [6.45, 7) is 0. The fraction of sp³-hybridized carbons (Fsp3) is 0.158. The maximum Gasteiger partial charge on any atom is 0.252 e. The number of carbonyl (C=O) groups is 1. The molecule has 2 aromatic carbocycles. The first-order chi connectivity index (χ1) is 12.2. The molecule has 0 saturated carbocycles.